The molecule has 0 fully saturated rings. The SMILES string of the molecule is COc1ccc(C(C)(C)C)cc1NCCN(C)C. The Morgan fingerprint density at radius 3 is 2.39 bits per heavy atom. The minimum Gasteiger partial charge on any atom is -0.495 e. The number of hydrogen-bond acceptors (Lipinski definition) is 3. The third kappa shape index (κ3) is 4.22. The molecule has 0 saturated heterocycles. The smallest absolute Gasteiger partial charge is 0.141 e. The number of nitrogens with one attached hydrogen (secondary N) is 1. The molecule has 0 radical (unpaired) electrons. The number of rotatable bonds is 5. The highest BCUT2D eigenvalue weighted by Gasteiger charge is 2.15. The summed E-state index contributed by atoms with van der Waals surface area (Å²) in [5.41, 5.74) is 2.55. The van der Waals surface area contributed by atoms with Gasteiger partial charge in [0.15, 0.2) is 0 Å². The van der Waals surface area contributed by atoms with Gasteiger partial charge in [-0.05, 0) is 37.2 Å². The summed E-state index contributed by atoms with van der Waals surface area (Å²) in [6.07, 6.45) is 0. The van der Waals surface area contributed by atoms with Crippen LogP contribution in [0.2, 0.25) is 0 Å². The molecule has 0 aliphatic rings. The van der Waals surface area contributed by atoms with Gasteiger partial charge in [0.25, 0.3) is 0 Å². The zero-order chi connectivity index (χ0) is 13.8. The van der Waals surface area contributed by atoms with Crippen LogP contribution in [0.4, 0.5) is 5.69 Å². The zero-order valence-corrected chi connectivity index (χ0v) is 12.5. The first-order valence-corrected chi connectivity index (χ1v) is 6.41. The standard InChI is InChI=1S/C15H26N2O/c1-15(2,3)12-7-8-14(18-6)13(11-12)16-9-10-17(4)5/h7-8,11,16H,9-10H2,1-6H3. The van der Waals surface area contributed by atoms with E-state index in [1.54, 1.807) is 7.11 Å². The lowest BCUT2D eigenvalue weighted by atomic mass is 9.87. The average molecular weight is 250 g/mol. The van der Waals surface area contributed by atoms with Crippen LogP contribution in [0, 0.1) is 0 Å². The predicted molar refractivity (Wildman–Crippen MR) is 78.7 cm³/mol. The minimum absolute atomic E-state index is 0.157. The molecule has 0 heterocycles. The van der Waals surface area contributed by atoms with Gasteiger partial charge < -0.3 is 15.0 Å². The fraction of sp³-hybridized carbons (Fsp3) is 0.600. The number of benzene rings is 1. The summed E-state index contributed by atoms with van der Waals surface area (Å²) in [7, 11) is 5.86. The van der Waals surface area contributed by atoms with Crippen molar-refractivity contribution in [2.75, 3.05) is 39.6 Å². The Bertz CT molecular complexity index is 381. The third-order valence-corrected chi connectivity index (χ3v) is 2.94. The highest BCUT2D eigenvalue weighted by atomic mass is 16.5. The lowest BCUT2D eigenvalue weighted by Crippen LogP contribution is -2.21. The fourth-order valence-corrected chi connectivity index (χ4v) is 1.73. The maximum atomic E-state index is 5.39. The van der Waals surface area contributed by atoms with Crippen LogP contribution < -0.4 is 10.1 Å². The van der Waals surface area contributed by atoms with E-state index in [1.807, 2.05) is 6.07 Å². The van der Waals surface area contributed by atoms with Gasteiger partial charge in [0.2, 0.25) is 0 Å². The Kier molecular flexibility index (Phi) is 5.03. The van der Waals surface area contributed by atoms with Crippen molar-refractivity contribution in [3.8, 4) is 5.75 Å². The molecular formula is C15H26N2O. The lowest BCUT2D eigenvalue weighted by Gasteiger charge is -2.22. The van der Waals surface area contributed by atoms with E-state index < -0.39 is 0 Å². The number of nitrogens with zero attached hydrogens (tertiary/aromatic N) is 1. The first-order valence-electron chi connectivity index (χ1n) is 6.41. The number of methoxy groups -OCH3 is 1. The van der Waals surface area contributed by atoms with Gasteiger partial charge in [0.05, 0.1) is 12.8 Å². The van der Waals surface area contributed by atoms with E-state index in [1.165, 1.54) is 5.56 Å². The third-order valence-electron chi connectivity index (χ3n) is 2.94. The van der Waals surface area contributed by atoms with E-state index in [9.17, 15) is 0 Å². The summed E-state index contributed by atoms with van der Waals surface area (Å²) in [5, 5.41) is 3.44. The van der Waals surface area contributed by atoms with Crippen molar-refractivity contribution < 1.29 is 4.74 Å². The molecule has 1 aromatic carbocycles. The van der Waals surface area contributed by atoms with E-state index in [4.69, 9.17) is 4.74 Å². The van der Waals surface area contributed by atoms with E-state index in [0.717, 1.165) is 24.5 Å². The van der Waals surface area contributed by atoms with Gasteiger partial charge in [0.1, 0.15) is 5.75 Å². The quantitative estimate of drug-likeness (QED) is 0.869. The van der Waals surface area contributed by atoms with E-state index in [-0.39, 0.29) is 5.41 Å². The van der Waals surface area contributed by atoms with Crippen LogP contribution in [0.25, 0.3) is 0 Å². The van der Waals surface area contributed by atoms with Crippen LogP contribution in [-0.2, 0) is 5.41 Å². The average Bonchev–Trinajstić information content (AvgIpc) is 2.27. The summed E-state index contributed by atoms with van der Waals surface area (Å²) in [6, 6.07) is 6.36. The summed E-state index contributed by atoms with van der Waals surface area (Å²) < 4.78 is 5.39. The van der Waals surface area contributed by atoms with Gasteiger partial charge in [-0.2, -0.15) is 0 Å². The van der Waals surface area contributed by atoms with Crippen molar-refractivity contribution in [2.24, 2.45) is 0 Å². The molecule has 18 heavy (non-hydrogen) atoms. The predicted octanol–water partition coefficient (Wildman–Crippen LogP) is 2.97. The van der Waals surface area contributed by atoms with Gasteiger partial charge in [-0.3, -0.25) is 0 Å². The Balaban J connectivity index is 2.86. The van der Waals surface area contributed by atoms with Gasteiger partial charge in [-0.1, -0.05) is 26.8 Å². The second kappa shape index (κ2) is 6.10. The van der Waals surface area contributed by atoms with E-state index >= 15 is 0 Å². The van der Waals surface area contributed by atoms with Gasteiger partial charge in [-0.25, -0.2) is 0 Å². The largest absolute Gasteiger partial charge is 0.495 e. The molecule has 3 nitrogen and oxygen atoms in total. The summed E-state index contributed by atoms with van der Waals surface area (Å²) >= 11 is 0. The Morgan fingerprint density at radius 1 is 1.22 bits per heavy atom. The molecule has 0 aliphatic carbocycles. The molecule has 0 aromatic heterocycles. The second-order valence-corrected chi connectivity index (χ2v) is 5.90. The normalized spacial score (nSPS) is 11.7. The molecule has 0 aliphatic heterocycles. The van der Waals surface area contributed by atoms with E-state index in [2.05, 4.69) is 57.2 Å². The highest BCUT2D eigenvalue weighted by Crippen LogP contribution is 2.31. The van der Waals surface area contributed by atoms with Gasteiger partial charge in [0, 0.05) is 13.1 Å². The van der Waals surface area contributed by atoms with Crippen LogP contribution in [0.1, 0.15) is 26.3 Å². The molecule has 0 saturated carbocycles. The maximum Gasteiger partial charge on any atom is 0.141 e. The van der Waals surface area contributed by atoms with Crippen LogP contribution in [0.5, 0.6) is 5.75 Å². The van der Waals surface area contributed by atoms with E-state index in [0.29, 0.717) is 0 Å². The number of ether oxygens (including phenoxy) is 1. The van der Waals surface area contributed by atoms with Gasteiger partial charge in [-0.15, -0.1) is 0 Å². The van der Waals surface area contributed by atoms with Crippen molar-refractivity contribution in [1.29, 1.82) is 0 Å². The summed E-state index contributed by atoms with van der Waals surface area (Å²) in [6.45, 7) is 8.58. The Hall–Kier alpha value is -1.22. The van der Waals surface area contributed by atoms with Crippen LogP contribution >= 0.6 is 0 Å². The van der Waals surface area contributed by atoms with Crippen molar-refractivity contribution in [3.05, 3.63) is 23.8 Å². The Labute approximate surface area is 111 Å². The molecule has 0 atom stereocenters. The fourth-order valence-electron chi connectivity index (χ4n) is 1.73. The monoisotopic (exact) mass is 250 g/mol. The Morgan fingerprint density at radius 2 is 1.89 bits per heavy atom. The van der Waals surface area contributed by atoms with Crippen LogP contribution in [0.3, 0.4) is 0 Å². The molecule has 1 aromatic rings. The van der Waals surface area contributed by atoms with Crippen molar-refractivity contribution >= 4 is 5.69 Å². The number of likely N-dealkylation sites (N-methyl/N-ethyl adjacent to an activating group) is 1. The second-order valence-electron chi connectivity index (χ2n) is 5.90. The topological polar surface area (TPSA) is 24.5 Å². The molecule has 1 N–H and O–H groups in total. The molecule has 1 rings (SSSR count). The lowest BCUT2D eigenvalue weighted by molar-refractivity contribution is 0.412. The molecule has 0 unspecified atom stereocenters. The zero-order valence-electron chi connectivity index (χ0n) is 12.5. The number of anilines is 1. The maximum absolute atomic E-state index is 5.39. The molecule has 102 valence electrons. The molecule has 3 heteroatoms. The molecular weight excluding hydrogens is 224 g/mol. The summed E-state index contributed by atoms with van der Waals surface area (Å²) in [5.74, 6) is 0.904. The molecule has 0 amide bonds. The van der Waals surface area contributed by atoms with Gasteiger partial charge >= 0.3 is 0 Å². The highest BCUT2D eigenvalue weighted by molar-refractivity contribution is 5.59. The number of hydrogen-bond donors (Lipinski definition) is 1. The first kappa shape index (κ1) is 14.8. The van der Waals surface area contributed by atoms with Crippen molar-refractivity contribution in [3.63, 3.8) is 0 Å². The minimum atomic E-state index is 0.157. The first-order chi connectivity index (χ1) is 8.34. The van der Waals surface area contributed by atoms with Crippen LogP contribution in [0.15, 0.2) is 18.2 Å². The molecule has 0 spiro atoms. The molecule has 0 bridgehead atoms. The van der Waals surface area contributed by atoms with Crippen LogP contribution in [-0.4, -0.2) is 39.2 Å². The summed E-state index contributed by atoms with van der Waals surface area (Å²) in [4.78, 5) is 2.16. The van der Waals surface area contributed by atoms with Crippen molar-refractivity contribution in [2.45, 2.75) is 26.2 Å². The van der Waals surface area contributed by atoms with Crippen molar-refractivity contribution in [1.82, 2.24) is 4.90 Å².